The number of fused-ring (bicyclic) bond motifs is 1. The molecule has 0 aliphatic heterocycles. The Morgan fingerprint density at radius 2 is 1.91 bits per heavy atom. The van der Waals surface area contributed by atoms with Crippen molar-refractivity contribution in [3.05, 3.63) is 73.8 Å². The highest BCUT2D eigenvalue weighted by atomic mass is 35.5. The number of aryl methyl sites for hydroxylation is 1. The summed E-state index contributed by atoms with van der Waals surface area (Å²) < 4.78 is 23.9. The second kappa shape index (κ2) is 6.22. The van der Waals surface area contributed by atoms with Crippen molar-refractivity contribution in [1.29, 1.82) is 0 Å². The first-order valence-electron chi connectivity index (χ1n) is 6.75. The number of hydrogen-bond donors (Lipinski definition) is 0. The van der Waals surface area contributed by atoms with Crippen molar-refractivity contribution in [3.63, 3.8) is 0 Å². The molecule has 0 spiro atoms. The van der Waals surface area contributed by atoms with E-state index in [-0.39, 0.29) is 11.6 Å². The van der Waals surface area contributed by atoms with Gasteiger partial charge < -0.3 is 9.15 Å². The van der Waals surface area contributed by atoms with Crippen molar-refractivity contribution in [3.8, 4) is 5.75 Å². The first kappa shape index (κ1) is 15.8. The van der Waals surface area contributed by atoms with E-state index in [4.69, 9.17) is 32.4 Å². The lowest BCUT2D eigenvalue weighted by atomic mass is 10.1. The first-order valence-corrected chi connectivity index (χ1v) is 7.50. The van der Waals surface area contributed by atoms with Gasteiger partial charge in [-0.05, 0) is 36.8 Å². The fourth-order valence-corrected chi connectivity index (χ4v) is 2.53. The lowest BCUT2D eigenvalue weighted by Gasteiger charge is -2.10. The quantitative estimate of drug-likeness (QED) is 0.613. The van der Waals surface area contributed by atoms with Gasteiger partial charge in [-0.1, -0.05) is 23.2 Å². The maximum absolute atomic E-state index is 13.1. The maximum atomic E-state index is 13.1. The van der Waals surface area contributed by atoms with E-state index in [9.17, 15) is 9.18 Å². The maximum Gasteiger partial charge on any atom is 0.336 e. The van der Waals surface area contributed by atoms with Gasteiger partial charge in [0.2, 0.25) is 0 Å². The molecule has 0 radical (unpaired) electrons. The van der Waals surface area contributed by atoms with Gasteiger partial charge in [-0.15, -0.1) is 0 Å². The molecule has 0 amide bonds. The molecule has 2 aromatic carbocycles. The van der Waals surface area contributed by atoms with Crippen LogP contribution in [0.1, 0.15) is 11.1 Å². The van der Waals surface area contributed by atoms with E-state index in [0.29, 0.717) is 27.3 Å². The molecule has 23 heavy (non-hydrogen) atoms. The van der Waals surface area contributed by atoms with Gasteiger partial charge in [0.25, 0.3) is 0 Å². The van der Waals surface area contributed by atoms with Gasteiger partial charge >= 0.3 is 5.63 Å². The van der Waals surface area contributed by atoms with Crippen LogP contribution in [0.4, 0.5) is 4.39 Å². The van der Waals surface area contributed by atoms with E-state index in [0.717, 1.165) is 5.56 Å². The Hall–Kier alpha value is -2.04. The zero-order chi connectivity index (χ0) is 16.6. The summed E-state index contributed by atoms with van der Waals surface area (Å²) in [6.07, 6.45) is 0. The van der Waals surface area contributed by atoms with Crippen LogP contribution in [0.3, 0.4) is 0 Å². The van der Waals surface area contributed by atoms with E-state index in [1.807, 2.05) is 6.92 Å². The second-order valence-electron chi connectivity index (χ2n) is 5.05. The van der Waals surface area contributed by atoms with E-state index < -0.39 is 11.4 Å². The summed E-state index contributed by atoms with van der Waals surface area (Å²) in [6.45, 7) is 1.93. The molecular formula is C17H11Cl2FO3. The van der Waals surface area contributed by atoms with E-state index in [2.05, 4.69) is 0 Å². The molecule has 0 N–H and O–H groups in total. The van der Waals surface area contributed by atoms with Crippen molar-refractivity contribution >= 4 is 34.2 Å². The lowest BCUT2D eigenvalue weighted by molar-refractivity contribution is 0.306. The predicted octanol–water partition coefficient (Wildman–Crippen LogP) is 5.13. The van der Waals surface area contributed by atoms with Crippen molar-refractivity contribution in [1.82, 2.24) is 0 Å². The standard InChI is InChI=1S/C17H11Cl2FO3/c1-9-4-16-12(7-13(9)18)10(5-17(21)23-16)8-22-11-2-3-15(20)14(19)6-11/h2-7H,8H2,1H3. The minimum Gasteiger partial charge on any atom is -0.489 e. The molecule has 3 rings (SSSR count). The minimum absolute atomic E-state index is 0.0291. The molecule has 0 saturated heterocycles. The first-order chi connectivity index (χ1) is 10.9. The van der Waals surface area contributed by atoms with Crippen molar-refractivity contribution in [2.75, 3.05) is 0 Å². The molecule has 0 atom stereocenters. The summed E-state index contributed by atoms with van der Waals surface area (Å²) in [4.78, 5) is 11.7. The second-order valence-corrected chi connectivity index (χ2v) is 5.87. The van der Waals surface area contributed by atoms with Gasteiger partial charge in [-0.2, -0.15) is 0 Å². The van der Waals surface area contributed by atoms with Crippen LogP contribution in [0.5, 0.6) is 5.75 Å². The largest absolute Gasteiger partial charge is 0.489 e. The van der Waals surface area contributed by atoms with E-state index >= 15 is 0 Å². The topological polar surface area (TPSA) is 39.4 Å². The summed E-state index contributed by atoms with van der Waals surface area (Å²) >= 11 is 11.9. The Labute approximate surface area is 141 Å². The highest BCUT2D eigenvalue weighted by molar-refractivity contribution is 6.32. The SMILES string of the molecule is Cc1cc2oc(=O)cc(COc3ccc(F)c(Cl)c3)c2cc1Cl. The van der Waals surface area contributed by atoms with Gasteiger partial charge in [0.05, 0.1) is 5.02 Å². The number of rotatable bonds is 3. The van der Waals surface area contributed by atoms with Crippen LogP contribution < -0.4 is 10.4 Å². The Bertz CT molecular complexity index is 950. The van der Waals surface area contributed by atoms with Crippen LogP contribution >= 0.6 is 23.2 Å². The van der Waals surface area contributed by atoms with Crippen LogP contribution in [-0.4, -0.2) is 0 Å². The van der Waals surface area contributed by atoms with E-state index in [1.165, 1.54) is 24.3 Å². The average molecular weight is 353 g/mol. The molecule has 0 aliphatic carbocycles. The van der Waals surface area contributed by atoms with E-state index in [1.54, 1.807) is 12.1 Å². The summed E-state index contributed by atoms with van der Waals surface area (Å²) in [5.74, 6) is -0.122. The Balaban J connectivity index is 1.97. The number of hydrogen-bond acceptors (Lipinski definition) is 3. The van der Waals surface area contributed by atoms with Gasteiger partial charge in [0.1, 0.15) is 23.8 Å². The molecule has 0 bridgehead atoms. The smallest absolute Gasteiger partial charge is 0.336 e. The fraction of sp³-hybridized carbons (Fsp3) is 0.118. The van der Waals surface area contributed by atoms with Crippen molar-refractivity contribution in [2.24, 2.45) is 0 Å². The zero-order valence-electron chi connectivity index (χ0n) is 12.0. The average Bonchev–Trinajstić information content (AvgIpc) is 2.50. The normalized spacial score (nSPS) is 11.0. The van der Waals surface area contributed by atoms with Crippen LogP contribution in [-0.2, 0) is 6.61 Å². The molecule has 3 aromatic rings. The van der Waals surface area contributed by atoms with Crippen LogP contribution in [0.2, 0.25) is 10.0 Å². The zero-order valence-corrected chi connectivity index (χ0v) is 13.5. The molecule has 1 aromatic heterocycles. The molecule has 6 heteroatoms. The molecule has 0 unspecified atom stereocenters. The van der Waals surface area contributed by atoms with Gasteiger partial charge in [0.15, 0.2) is 0 Å². The third-order valence-corrected chi connectivity index (χ3v) is 4.09. The van der Waals surface area contributed by atoms with Crippen LogP contribution in [0, 0.1) is 12.7 Å². The fourth-order valence-electron chi connectivity index (χ4n) is 2.20. The summed E-state index contributed by atoms with van der Waals surface area (Å²) in [5, 5.41) is 1.23. The van der Waals surface area contributed by atoms with Gasteiger partial charge in [0, 0.05) is 28.1 Å². The molecule has 3 nitrogen and oxygen atoms in total. The molecule has 0 fully saturated rings. The molecular weight excluding hydrogens is 342 g/mol. The predicted molar refractivity (Wildman–Crippen MR) is 88.0 cm³/mol. The third kappa shape index (κ3) is 3.33. The molecule has 0 aliphatic rings. The number of halogens is 3. The Morgan fingerprint density at radius 1 is 1.13 bits per heavy atom. The summed E-state index contributed by atoms with van der Waals surface area (Å²) in [7, 11) is 0. The van der Waals surface area contributed by atoms with Crippen molar-refractivity contribution in [2.45, 2.75) is 13.5 Å². The minimum atomic E-state index is -0.521. The van der Waals surface area contributed by atoms with Crippen molar-refractivity contribution < 1.29 is 13.5 Å². The monoisotopic (exact) mass is 352 g/mol. The highest BCUT2D eigenvalue weighted by Gasteiger charge is 2.10. The van der Waals surface area contributed by atoms with Gasteiger partial charge in [-0.25, -0.2) is 9.18 Å². The summed E-state index contributed by atoms with van der Waals surface area (Å²) in [6, 6.07) is 8.84. The highest BCUT2D eigenvalue weighted by Crippen LogP contribution is 2.27. The molecule has 0 saturated carbocycles. The molecule has 118 valence electrons. The lowest BCUT2D eigenvalue weighted by Crippen LogP contribution is -2.04. The number of benzene rings is 2. The van der Waals surface area contributed by atoms with Crippen LogP contribution in [0.15, 0.2) is 45.6 Å². The van der Waals surface area contributed by atoms with Gasteiger partial charge in [-0.3, -0.25) is 0 Å². The van der Waals surface area contributed by atoms with Crippen LogP contribution in [0.25, 0.3) is 11.0 Å². The Kier molecular flexibility index (Phi) is 4.28. The summed E-state index contributed by atoms with van der Waals surface area (Å²) in [5.41, 5.74) is 1.40. The Morgan fingerprint density at radius 3 is 2.65 bits per heavy atom. The number of ether oxygens (including phenoxy) is 1. The third-order valence-electron chi connectivity index (χ3n) is 3.39. The molecule has 1 heterocycles.